The SMILES string of the molecule is CCNC(c1sccc1Br)C(C)(C)CC. The molecule has 1 N–H and O–H groups in total. The second-order valence-corrected chi connectivity index (χ2v) is 6.27. The third-order valence-electron chi connectivity index (χ3n) is 3.01. The van der Waals surface area contributed by atoms with Gasteiger partial charge in [0.25, 0.3) is 0 Å². The fourth-order valence-corrected chi connectivity index (χ4v) is 3.53. The highest BCUT2D eigenvalue weighted by Gasteiger charge is 2.30. The van der Waals surface area contributed by atoms with Gasteiger partial charge in [-0.25, -0.2) is 0 Å². The van der Waals surface area contributed by atoms with Crippen LogP contribution in [0.2, 0.25) is 0 Å². The van der Waals surface area contributed by atoms with E-state index in [1.807, 2.05) is 11.3 Å². The van der Waals surface area contributed by atoms with E-state index in [-0.39, 0.29) is 0 Å². The van der Waals surface area contributed by atoms with E-state index in [1.54, 1.807) is 0 Å². The van der Waals surface area contributed by atoms with Crippen molar-refractivity contribution in [3.8, 4) is 0 Å². The summed E-state index contributed by atoms with van der Waals surface area (Å²) >= 11 is 5.46. The third-order valence-corrected chi connectivity index (χ3v) is 4.94. The van der Waals surface area contributed by atoms with Crippen LogP contribution >= 0.6 is 27.3 Å². The van der Waals surface area contributed by atoms with Gasteiger partial charge in [-0.15, -0.1) is 11.3 Å². The number of hydrogen-bond donors (Lipinski definition) is 1. The Morgan fingerprint density at radius 3 is 2.53 bits per heavy atom. The van der Waals surface area contributed by atoms with Crippen molar-refractivity contribution in [3.63, 3.8) is 0 Å². The Hall–Kier alpha value is 0.140. The van der Waals surface area contributed by atoms with Gasteiger partial charge in [-0.1, -0.05) is 27.7 Å². The standard InChI is InChI=1S/C12H20BrNS/c1-5-12(3,4)11(14-6-2)10-9(13)7-8-15-10/h7-8,11,14H,5-6H2,1-4H3. The van der Waals surface area contributed by atoms with E-state index in [2.05, 4.69) is 60.4 Å². The molecule has 0 saturated carbocycles. The number of halogens is 1. The number of thiophene rings is 1. The molecule has 0 aliphatic carbocycles. The van der Waals surface area contributed by atoms with Crippen molar-refractivity contribution in [2.75, 3.05) is 6.54 Å². The number of hydrogen-bond acceptors (Lipinski definition) is 2. The van der Waals surface area contributed by atoms with Crippen LogP contribution in [0.15, 0.2) is 15.9 Å². The van der Waals surface area contributed by atoms with Gasteiger partial charge in [0.1, 0.15) is 0 Å². The molecule has 0 saturated heterocycles. The predicted octanol–water partition coefficient (Wildman–Crippen LogP) is 4.60. The van der Waals surface area contributed by atoms with Crippen molar-refractivity contribution in [2.45, 2.75) is 40.2 Å². The molecule has 15 heavy (non-hydrogen) atoms. The first kappa shape index (κ1) is 13.2. The summed E-state index contributed by atoms with van der Waals surface area (Å²) in [5, 5.41) is 5.75. The molecule has 0 aromatic carbocycles. The average molecular weight is 290 g/mol. The van der Waals surface area contributed by atoms with E-state index >= 15 is 0 Å². The highest BCUT2D eigenvalue weighted by molar-refractivity contribution is 9.10. The van der Waals surface area contributed by atoms with Gasteiger partial charge in [-0.2, -0.15) is 0 Å². The highest BCUT2D eigenvalue weighted by atomic mass is 79.9. The predicted molar refractivity (Wildman–Crippen MR) is 72.5 cm³/mol. The average Bonchev–Trinajstić information content (AvgIpc) is 2.60. The maximum Gasteiger partial charge on any atom is 0.0477 e. The van der Waals surface area contributed by atoms with E-state index in [4.69, 9.17) is 0 Å². The first-order valence-electron chi connectivity index (χ1n) is 5.49. The Morgan fingerprint density at radius 2 is 2.13 bits per heavy atom. The minimum Gasteiger partial charge on any atom is -0.309 e. The summed E-state index contributed by atoms with van der Waals surface area (Å²) in [4.78, 5) is 1.42. The van der Waals surface area contributed by atoms with Crippen LogP contribution in [0.1, 0.15) is 45.0 Å². The van der Waals surface area contributed by atoms with E-state index in [0.717, 1.165) is 6.54 Å². The van der Waals surface area contributed by atoms with Crippen LogP contribution in [-0.4, -0.2) is 6.54 Å². The molecule has 1 nitrogen and oxygen atoms in total. The lowest BCUT2D eigenvalue weighted by Gasteiger charge is -2.33. The number of rotatable bonds is 5. The van der Waals surface area contributed by atoms with Crippen LogP contribution in [0.5, 0.6) is 0 Å². The molecule has 0 bridgehead atoms. The van der Waals surface area contributed by atoms with E-state index in [0.29, 0.717) is 11.5 Å². The van der Waals surface area contributed by atoms with Gasteiger partial charge in [0.15, 0.2) is 0 Å². The molecule has 1 aromatic heterocycles. The van der Waals surface area contributed by atoms with Gasteiger partial charge >= 0.3 is 0 Å². The second-order valence-electron chi connectivity index (χ2n) is 4.47. The lowest BCUT2D eigenvalue weighted by atomic mass is 9.81. The largest absolute Gasteiger partial charge is 0.309 e. The molecule has 0 spiro atoms. The molecule has 1 rings (SSSR count). The van der Waals surface area contributed by atoms with Crippen molar-refractivity contribution < 1.29 is 0 Å². The van der Waals surface area contributed by atoms with Gasteiger partial charge < -0.3 is 5.32 Å². The maximum absolute atomic E-state index is 3.63. The Bertz CT molecular complexity index is 306. The molecule has 86 valence electrons. The third kappa shape index (κ3) is 3.05. The summed E-state index contributed by atoms with van der Waals surface area (Å²) in [5.74, 6) is 0. The van der Waals surface area contributed by atoms with Crippen molar-refractivity contribution in [2.24, 2.45) is 5.41 Å². The number of nitrogens with one attached hydrogen (secondary N) is 1. The van der Waals surface area contributed by atoms with Crippen molar-refractivity contribution in [1.82, 2.24) is 5.32 Å². The van der Waals surface area contributed by atoms with E-state index in [1.165, 1.54) is 15.8 Å². The molecule has 1 aromatic rings. The zero-order valence-corrected chi connectivity index (χ0v) is 12.3. The highest BCUT2D eigenvalue weighted by Crippen LogP contribution is 2.41. The summed E-state index contributed by atoms with van der Waals surface area (Å²) < 4.78 is 1.24. The lowest BCUT2D eigenvalue weighted by Crippen LogP contribution is -2.33. The smallest absolute Gasteiger partial charge is 0.0477 e. The Labute approximate surface area is 105 Å². The Morgan fingerprint density at radius 1 is 1.47 bits per heavy atom. The second kappa shape index (κ2) is 5.46. The molecule has 3 heteroatoms. The minimum atomic E-state index is 0.295. The normalized spacial score (nSPS) is 14.2. The van der Waals surface area contributed by atoms with Crippen LogP contribution in [0.3, 0.4) is 0 Å². The quantitative estimate of drug-likeness (QED) is 0.836. The Kier molecular flexibility index (Phi) is 4.81. The summed E-state index contributed by atoms with van der Waals surface area (Å²) in [5.41, 5.74) is 0.295. The van der Waals surface area contributed by atoms with Gasteiger partial charge in [-0.3, -0.25) is 0 Å². The maximum atomic E-state index is 3.63. The molecule has 0 radical (unpaired) electrons. The molecule has 0 amide bonds. The molecule has 0 aliphatic heterocycles. The van der Waals surface area contributed by atoms with Crippen LogP contribution in [0, 0.1) is 5.41 Å². The molecule has 1 unspecified atom stereocenters. The van der Waals surface area contributed by atoms with Gasteiger partial charge in [0.2, 0.25) is 0 Å². The van der Waals surface area contributed by atoms with Crippen molar-refractivity contribution in [1.29, 1.82) is 0 Å². The van der Waals surface area contributed by atoms with Crippen molar-refractivity contribution in [3.05, 3.63) is 20.8 Å². The summed E-state index contributed by atoms with van der Waals surface area (Å²) in [6, 6.07) is 2.58. The van der Waals surface area contributed by atoms with E-state index in [9.17, 15) is 0 Å². The molecular formula is C12H20BrNS. The van der Waals surface area contributed by atoms with Crippen LogP contribution in [-0.2, 0) is 0 Å². The zero-order chi connectivity index (χ0) is 11.5. The van der Waals surface area contributed by atoms with Gasteiger partial charge in [0, 0.05) is 15.4 Å². The van der Waals surface area contributed by atoms with Crippen LogP contribution < -0.4 is 5.32 Å². The van der Waals surface area contributed by atoms with Crippen LogP contribution in [0.4, 0.5) is 0 Å². The van der Waals surface area contributed by atoms with E-state index < -0.39 is 0 Å². The summed E-state index contributed by atoms with van der Waals surface area (Å²) in [7, 11) is 0. The fraction of sp³-hybridized carbons (Fsp3) is 0.667. The van der Waals surface area contributed by atoms with Crippen molar-refractivity contribution >= 4 is 27.3 Å². The first-order chi connectivity index (χ1) is 7.03. The molecule has 0 aliphatic rings. The minimum absolute atomic E-state index is 0.295. The van der Waals surface area contributed by atoms with Gasteiger partial charge in [0.05, 0.1) is 0 Å². The molecule has 1 atom stereocenters. The topological polar surface area (TPSA) is 12.0 Å². The van der Waals surface area contributed by atoms with Gasteiger partial charge in [-0.05, 0) is 45.8 Å². The first-order valence-corrected chi connectivity index (χ1v) is 7.16. The Balaban J connectivity index is 2.98. The summed E-state index contributed by atoms with van der Waals surface area (Å²) in [6.45, 7) is 10.1. The molecule has 1 heterocycles. The monoisotopic (exact) mass is 289 g/mol. The zero-order valence-electron chi connectivity index (χ0n) is 9.93. The molecular weight excluding hydrogens is 270 g/mol. The lowest BCUT2D eigenvalue weighted by molar-refractivity contribution is 0.240. The molecule has 0 fully saturated rings. The summed E-state index contributed by atoms with van der Waals surface area (Å²) in [6.07, 6.45) is 1.18. The fourth-order valence-electron chi connectivity index (χ4n) is 1.64. The van der Waals surface area contributed by atoms with Crippen LogP contribution in [0.25, 0.3) is 0 Å².